The van der Waals surface area contributed by atoms with E-state index in [2.05, 4.69) is 56.9 Å². The van der Waals surface area contributed by atoms with Crippen molar-refractivity contribution in [1.82, 2.24) is 15.3 Å². The van der Waals surface area contributed by atoms with Crippen LogP contribution in [-0.2, 0) is 0 Å². The maximum absolute atomic E-state index is 4.81. The van der Waals surface area contributed by atoms with E-state index in [9.17, 15) is 0 Å². The van der Waals surface area contributed by atoms with E-state index in [-0.39, 0.29) is 12.1 Å². The van der Waals surface area contributed by atoms with Crippen molar-refractivity contribution in [1.29, 1.82) is 0 Å². The van der Waals surface area contributed by atoms with E-state index in [1.165, 1.54) is 56.3 Å². The van der Waals surface area contributed by atoms with Crippen LogP contribution in [0.25, 0.3) is 0 Å². The Morgan fingerprint density at radius 2 is 1.97 bits per heavy atom. The molecule has 2 saturated carbocycles. The molecule has 33 heavy (non-hydrogen) atoms. The molecule has 1 saturated heterocycles. The molecule has 2 unspecified atom stereocenters. The van der Waals surface area contributed by atoms with Crippen LogP contribution in [0.1, 0.15) is 80.3 Å². The summed E-state index contributed by atoms with van der Waals surface area (Å²) in [6.07, 6.45) is 15.9. The number of anilines is 1. The fourth-order valence-electron chi connectivity index (χ4n) is 4.96. The lowest BCUT2D eigenvalue weighted by Gasteiger charge is -2.34. The second kappa shape index (κ2) is 8.93. The number of hydrogen-bond acceptors (Lipinski definition) is 6. The second-order valence-corrected chi connectivity index (χ2v) is 10.3. The normalized spacial score (nSPS) is 25.8. The van der Waals surface area contributed by atoms with Crippen molar-refractivity contribution < 1.29 is 4.68 Å². The first-order valence-electron chi connectivity index (χ1n) is 12.7. The van der Waals surface area contributed by atoms with Gasteiger partial charge in [-0.3, -0.25) is 9.97 Å². The minimum absolute atomic E-state index is 0.0432. The van der Waals surface area contributed by atoms with E-state index in [1.807, 2.05) is 23.3 Å². The summed E-state index contributed by atoms with van der Waals surface area (Å²) < 4.78 is 1.94. The number of piperidine rings is 1. The van der Waals surface area contributed by atoms with E-state index in [0.29, 0.717) is 12.0 Å². The largest absolute Gasteiger partial charge is 0.369 e. The monoisotopic (exact) mass is 444 g/mol. The Bertz CT molecular complexity index is 1040. The maximum atomic E-state index is 4.81. The lowest BCUT2D eigenvalue weighted by atomic mass is 10.0. The van der Waals surface area contributed by atoms with Crippen LogP contribution in [0.3, 0.4) is 0 Å². The zero-order chi connectivity index (χ0) is 22.2. The molecule has 2 aliphatic carbocycles. The number of aromatic nitrogens is 2. The molecule has 6 rings (SSSR count). The van der Waals surface area contributed by atoms with Crippen LogP contribution < -0.4 is 10.2 Å². The zero-order valence-electron chi connectivity index (χ0n) is 19.5. The first-order chi connectivity index (χ1) is 16.2. The highest BCUT2D eigenvalue weighted by Crippen LogP contribution is 2.40. The van der Waals surface area contributed by atoms with Gasteiger partial charge in [0.15, 0.2) is 6.04 Å². The van der Waals surface area contributed by atoms with Gasteiger partial charge in [-0.1, -0.05) is 0 Å². The Hall–Kier alpha value is -2.67. The Labute approximate surface area is 196 Å². The van der Waals surface area contributed by atoms with Crippen LogP contribution in [0.15, 0.2) is 47.1 Å². The van der Waals surface area contributed by atoms with Crippen LogP contribution in [0.5, 0.6) is 0 Å². The number of nitrogens with zero attached hydrogens (tertiary/aromatic N) is 6. The van der Waals surface area contributed by atoms with Crippen molar-refractivity contribution in [3.63, 3.8) is 0 Å². The van der Waals surface area contributed by atoms with Crippen molar-refractivity contribution >= 4 is 11.9 Å². The molecule has 3 fully saturated rings. The molecule has 3 atom stereocenters. The molecule has 0 bridgehead atoms. The third kappa shape index (κ3) is 4.83. The third-order valence-electron chi connectivity index (χ3n) is 7.52. The molecule has 0 radical (unpaired) electrons. The number of hydrogen-bond donors (Lipinski definition) is 1. The molecule has 4 aliphatic rings. The van der Waals surface area contributed by atoms with Gasteiger partial charge < -0.3 is 10.2 Å². The van der Waals surface area contributed by atoms with Crippen LogP contribution in [0, 0.1) is 5.92 Å². The number of pyridine rings is 2. The highest BCUT2D eigenvalue weighted by atomic mass is 15.5. The highest BCUT2D eigenvalue weighted by Gasteiger charge is 2.31. The molecule has 172 valence electrons. The number of nitrogens with one attached hydrogen (secondary N) is 1. The van der Waals surface area contributed by atoms with E-state index in [1.54, 1.807) is 0 Å². The molecule has 2 aliphatic heterocycles. The van der Waals surface area contributed by atoms with Gasteiger partial charge in [-0.15, -0.1) is 4.68 Å². The molecular weight excluding hydrogens is 410 g/mol. The predicted molar refractivity (Wildman–Crippen MR) is 129 cm³/mol. The highest BCUT2D eigenvalue weighted by molar-refractivity contribution is 5.63. The summed E-state index contributed by atoms with van der Waals surface area (Å²) in [5.74, 6) is 1.62. The Morgan fingerprint density at radius 1 is 1.09 bits per heavy atom. The molecule has 4 heterocycles. The van der Waals surface area contributed by atoms with Gasteiger partial charge in [0, 0.05) is 42.2 Å². The second-order valence-electron chi connectivity index (χ2n) is 10.3. The van der Waals surface area contributed by atoms with Crippen LogP contribution >= 0.6 is 0 Å². The van der Waals surface area contributed by atoms with E-state index in [0.717, 1.165) is 30.3 Å². The van der Waals surface area contributed by atoms with Gasteiger partial charge in [-0.2, -0.15) is 0 Å². The summed E-state index contributed by atoms with van der Waals surface area (Å²) >= 11 is 0. The maximum Gasteiger partial charge on any atom is 0.249 e. The summed E-state index contributed by atoms with van der Waals surface area (Å²) in [7, 11) is 0. The standard InChI is InChI=1S/C26H34N7/c1-18(33-17-26(30-31-33)22-11-21(13-27-14-22)20-6-7-20)25-9-8-24(15-29-25)32-10-2-3-23(16-32)28-12-19-4-5-19/h8-9,11,13-15,17-20,23,26,28H,2-7,10,12,16H2,1H3/q+1/t18?,23-,26?/m1/s1. The molecule has 2 aromatic rings. The molecular formula is C26H34N7+. The fourth-order valence-corrected chi connectivity index (χ4v) is 4.96. The van der Waals surface area contributed by atoms with Gasteiger partial charge >= 0.3 is 0 Å². The van der Waals surface area contributed by atoms with Crippen molar-refractivity contribution in [3.8, 4) is 0 Å². The zero-order valence-corrected chi connectivity index (χ0v) is 19.5. The quantitative estimate of drug-likeness (QED) is 0.605. The van der Waals surface area contributed by atoms with Crippen LogP contribution in [0.4, 0.5) is 5.69 Å². The van der Waals surface area contributed by atoms with Gasteiger partial charge in [0.1, 0.15) is 11.4 Å². The third-order valence-corrected chi connectivity index (χ3v) is 7.52. The lowest BCUT2D eigenvalue weighted by molar-refractivity contribution is -0.573. The molecule has 7 nitrogen and oxygen atoms in total. The summed E-state index contributed by atoms with van der Waals surface area (Å²) in [5, 5.41) is 12.7. The average molecular weight is 445 g/mol. The van der Waals surface area contributed by atoms with E-state index in [4.69, 9.17) is 4.98 Å². The first-order valence-corrected chi connectivity index (χ1v) is 12.7. The van der Waals surface area contributed by atoms with Crippen LogP contribution in [0.2, 0.25) is 0 Å². The van der Waals surface area contributed by atoms with E-state index >= 15 is 0 Å². The minimum Gasteiger partial charge on any atom is -0.369 e. The Kier molecular flexibility index (Phi) is 5.66. The van der Waals surface area contributed by atoms with Gasteiger partial charge in [-0.05, 0) is 87.6 Å². The van der Waals surface area contributed by atoms with Gasteiger partial charge in [0.2, 0.25) is 6.04 Å². The number of rotatable bonds is 8. The van der Waals surface area contributed by atoms with Gasteiger partial charge in [0.05, 0.1) is 17.6 Å². The molecule has 0 aromatic carbocycles. The molecule has 0 spiro atoms. The van der Waals surface area contributed by atoms with Crippen molar-refractivity contribution in [3.05, 3.63) is 53.6 Å². The molecule has 7 heteroatoms. The fraction of sp³-hybridized carbons (Fsp3) is 0.577. The molecule has 1 N–H and O–H groups in total. The smallest absolute Gasteiger partial charge is 0.249 e. The SMILES string of the molecule is CC(c1ccc(N2CCC[C@@H](NCC3CC3)C2)cn1)[N+]1=CC(c2cncc(C3CC3)c2)N=N1. The van der Waals surface area contributed by atoms with Crippen molar-refractivity contribution in [2.75, 3.05) is 24.5 Å². The summed E-state index contributed by atoms with van der Waals surface area (Å²) in [5.41, 5.74) is 4.69. The predicted octanol–water partition coefficient (Wildman–Crippen LogP) is 4.59. The Balaban J connectivity index is 1.10. The summed E-state index contributed by atoms with van der Waals surface area (Å²) in [6.45, 7) is 5.52. The van der Waals surface area contributed by atoms with E-state index < -0.39 is 0 Å². The summed E-state index contributed by atoms with van der Waals surface area (Å²) in [4.78, 5) is 11.7. The van der Waals surface area contributed by atoms with Gasteiger partial charge in [0.25, 0.3) is 0 Å². The van der Waals surface area contributed by atoms with Crippen molar-refractivity contribution in [2.45, 2.75) is 69.5 Å². The minimum atomic E-state index is -0.0636. The topological polar surface area (TPSA) is 68.8 Å². The first kappa shape index (κ1) is 20.9. The lowest BCUT2D eigenvalue weighted by Crippen LogP contribution is -2.46. The van der Waals surface area contributed by atoms with Gasteiger partial charge in [-0.25, -0.2) is 0 Å². The van der Waals surface area contributed by atoms with Crippen LogP contribution in [-0.4, -0.2) is 46.5 Å². The van der Waals surface area contributed by atoms with Crippen molar-refractivity contribution in [2.24, 2.45) is 16.3 Å². The molecule has 0 amide bonds. The molecule has 2 aromatic heterocycles. The summed E-state index contributed by atoms with van der Waals surface area (Å²) in [6, 6.07) is 7.19. The average Bonchev–Trinajstić information content (AvgIpc) is 3.81. The Morgan fingerprint density at radius 3 is 2.76 bits per heavy atom.